The van der Waals surface area contributed by atoms with Crippen LogP contribution in [0.15, 0.2) is 22.7 Å². The second-order valence-electron chi connectivity index (χ2n) is 6.07. The summed E-state index contributed by atoms with van der Waals surface area (Å²) < 4.78 is 1.03. The van der Waals surface area contributed by atoms with Crippen LogP contribution in [0.4, 0.5) is 10.5 Å². The molecule has 1 saturated heterocycles. The third-order valence-corrected chi connectivity index (χ3v) is 4.21. The van der Waals surface area contributed by atoms with Gasteiger partial charge in [-0.1, -0.05) is 29.8 Å². The van der Waals surface area contributed by atoms with Crippen molar-refractivity contribution in [3.63, 3.8) is 0 Å². The highest BCUT2D eigenvalue weighted by molar-refractivity contribution is 9.10. The highest BCUT2D eigenvalue weighted by Gasteiger charge is 2.21. The van der Waals surface area contributed by atoms with Crippen molar-refractivity contribution < 1.29 is 4.79 Å². The van der Waals surface area contributed by atoms with Crippen LogP contribution in [-0.4, -0.2) is 48.6 Å². The molecule has 1 aliphatic rings. The lowest BCUT2D eigenvalue weighted by molar-refractivity contribution is 0.138. The van der Waals surface area contributed by atoms with E-state index < -0.39 is 0 Å². The lowest BCUT2D eigenvalue weighted by Crippen LogP contribution is -2.50. The number of carbonyl (C=O) groups excluding carboxylic acids is 1. The van der Waals surface area contributed by atoms with Gasteiger partial charge in [-0.05, 0) is 36.6 Å². The Morgan fingerprint density at radius 3 is 2.52 bits per heavy atom. The molecule has 21 heavy (non-hydrogen) atoms. The number of amides is 2. The molecule has 1 N–H and O–H groups in total. The Morgan fingerprint density at radius 2 is 1.95 bits per heavy atom. The summed E-state index contributed by atoms with van der Waals surface area (Å²) in [7, 11) is 0. The first-order valence-corrected chi connectivity index (χ1v) is 8.29. The van der Waals surface area contributed by atoms with Crippen molar-refractivity contribution in [2.45, 2.75) is 20.8 Å². The van der Waals surface area contributed by atoms with E-state index in [2.05, 4.69) is 40.0 Å². The topological polar surface area (TPSA) is 35.6 Å². The van der Waals surface area contributed by atoms with E-state index in [9.17, 15) is 4.79 Å². The van der Waals surface area contributed by atoms with Crippen LogP contribution in [-0.2, 0) is 0 Å². The van der Waals surface area contributed by atoms with Crippen LogP contribution in [0, 0.1) is 12.8 Å². The maximum atomic E-state index is 12.3. The zero-order valence-electron chi connectivity index (χ0n) is 13.0. The highest BCUT2D eigenvalue weighted by Crippen LogP contribution is 2.20. The SMILES string of the molecule is Cc1cc(Br)ccc1NC(=O)N1CCN(CC(C)C)CC1. The largest absolute Gasteiger partial charge is 0.322 e. The summed E-state index contributed by atoms with van der Waals surface area (Å²) in [6.45, 7) is 11.1. The number of anilines is 1. The van der Waals surface area contributed by atoms with E-state index in [1.807, 2.05) is 30.0 Å². The third kappa shape index (κ3) is 4.71. The second-order valence-corrected chi connectivity index (χ2v) is 6.99. The fourth-order valence-corrected chi connectivity index (χ4v) is 3.09. The van der Waals surface area contributed by atoms with Gasteiger partial charge in [-0.15, -0.1) is 0 Å². The second kappa shape index (κ2) is 7.27. The molecule has 0 aliphatic carbocycles. The minimum absolute atomic E-state index is 0.00428. The van der Waals surface area contributed by atoms with Gasteiger partial charge in [0, 0.05) is 42.9 Å². The molecule has 4 nitrogen and oxygen atoms in total. The van der Waals surface area contributed by atoms with Crippen LogP contribution in [0.25, 0.3) is 0 Å². The number of aryl methyl sites for hydroxylation is 1. The van der Waals surface area contributed by atoms with Gasteiger partial charge in [0.05, 0.1) is 0 Å². The van der Waals surface area contributed by atoms with E-state index in [4.69, 9.17) is 0 Å². The molecule has 0 unspecified atom stereocenters. The van der Waals surface area contributed by atoms with Crippen molar-refractivity contribution in [2.24, 2.45) is 5.92 Å². The molecule has 1 fully saturated rings. The molecule has 0 spiro atoms. The number of hydrogen-bond donors (Lipinski definition) is 1. The van der Waals surface area contributed by atoms with E-state index in [-0.39, 0.29) is 6.03 Å². The lowest BCUT2D eigenvalue weighted by atomic mass is 10.2. The summed E-state index contributed by atoms with van der Waals surface area (Å²) in [6, 6.07) is 5.90. The number of nitrogens with zero attached hydrogens (tertiary/aromatic N) is 2. The summed E-state index contributed by atoms with van der Waals surface area (Å²) in [6.07, 6.45) is 0. The molecule has 5 heteroatoms. The molecule has 2 rings (SSSR count). The molecule has 1 aromatic rings. The average Bonchev–Trinajstić information content (AvgIpc) is 2.42. The normalized spacial score (nSPS) is 16.3. The number of carbonyl (C=O) groups is 1. The van der Waals surface area contributed by atoms with E-state index in [0.717, 1.165) is 48.4 Å². The number of hydrogen-bond acceptors (Lipinski definition) is 2. The molecule has 1 heterocycles. The van der Waals surface area contributed by atoms with Gasteiger partial charge < -0.3 is 10.2 Å². The van der Waals surface area contributed by atoms with Crippen molar-refractivity contribution in [1.29, 1.82) is 0 Å². The van der Waals surface area contributed by atoms with Gasteiger partial charge in [0.1, 0.15) is 0 Å². The quantitative estimate of drug-likeness (QED) is 0.901. The first-order valence-electron chi connectivity index (χ1n) is 7.50. The molecule has 1 aromatic carbocycles. The fourth-order valence-electron chi connectivity index (χ4n) is 2.61. The molecular formula is C16H24BrN3O. The standard InChI is InChI=1S/C16H24BrN3O/c1-12(2)11-19-6-8-20(9-7-19)16(21)18-15-5-4-14(17)10-13(15)3/h4-5,10,12H,6-9,11H2,1-3H3,(H,18,21). The molecule has 0 atom stereocenters. The Hall–Kier alpha value is -1.07. The van der Waals surface area contributed by atoms with Crippen LogP contribution >= 0.6 is 15.9 Å². The highest BCUT2D eigenvalue weighted by atomic mass is 79.9. The van der Waals surface area contributed by atoms with E-state index in [0.29, 0.717) is 5.92 Å². The zero-order valence-corrected chi connectivity index (χ0v) is 14.6. The predicted molar refractivity (Wildman–Crippen MR) is 90.7 cm³/mol. The number of halogens is 1. The molecule has 0 radical (unpaired) electrons. The van der Waals surface area contributed by atoms with Gasteiger partial charge in [-0.2, -0.15) is 0 Å². The zero-order chi connectivity index (χ0) is 15.4. The lowest BCUT2D eigenvalue weighted by Gasteiger charge is -2.35. The first-order chi connectivity index (χ1) is 9.95. The maximum absolute atomic E-state index is 12.3. The van der Waals surface area contributed by atoms with Gasteiger partial charge in [0.25, 0.3) is 0 Å². The molecule has 0 saturated carbocycles. The number of rotatable bonds is 3. The number of benzene rings is 1. The van der Waals surface area contributed by atoms with Crippen LogP contribution in [0.1, 0.15) is 19.4 Å². The number of piperazine rings is 1. The summed E-state index contributed by atoms with van der Waals surface area (Å²) >= 11 is 3.44. The fraction of sp³-hybridized carbons (Fsp3) is 0.562. The summed E-state index contributed by atoms with van der Waals surface area (Å²) in [5.41, 5.74) is 1.95. The predicted octanol–water partition coefficient (Wildman–Crippen LogP) is 3.56. The smallest absolute Gasteiger partial charge is 0.321 e. The van der Waals surface area contributed by atoms with Gasteiger partial charge in [0.2, 0.25) is 0 Å². The minimum Gasteiger partial charge on any atom is -0.322 e. The Kier molecular flexibility index (Phi) is 5.65. The van der Waals surface area contributed by atoms with Gasteiger partial charge in [-0.25, -0.2) is 4.79 Å². The van der Waals surface area contributed by atoms with Crippen molar-refractivity contribution in [1.82, 2.24) is 9.80 Å². The molecule has 116 valence electrons. The van der Waals surface area contributed by atoms with Crippen LogP contribution < -0.4 is 5.32 Å². The van der Waals surface area contributed by atoms with E-state index in [1.54, 1.807) is 0 Å². The van der Waals surface area contributed by atoms with Crippen molar-refractivity contribution >= 4 is 27.6 Å². The van der Waals surface area contributed by atoms with E-state index in [1.165, 1.54) is 0 Å². The Morgan fingerprint density at radius 1 is 1.29 bits per heavy atom. The van der Waals surface area contributed by atoms with Crippen LogP contribution in [0.5, 0.6) is 0 Å². The van der Waals surface area contributed by atoms with Crippen LogP contribution in [0.3, 0.4) is 0 Å². The molecule has 1 aliphatic heterocycles. The Bertz CT molecular complexity index is 496. The summed E-state index contributed by atoms with van der Waals surface area (Å²) in [5.74, 6) is 0.677. The maximum Gasteiger partial charge on any atom is 0.321 e. The van der Waals surface area contributed by atoms with Gasteiger partial charge in [-0.3, -0.25) is 4.90 Å². The Balaban J connectivity index is 1.87. The van der Waals surface area contributed by atoms with Gasteiger partial charge >= 0.3 is 6.03 Å². The molecule has 0 aromatic heterocycles. The van der Waals surface area contributed by atoms with E-state index >= 15 is 0 Å². The monoisotopic (exact) mass is 353 g/mol. The summed E-state index contributed by atoms with van der Waals surface area (Å²) in [4.78, 5) is 16.6. The van der Waals surface area contributed by atoms with Gasteiger partial charge in [0.15, 0.2) is 0 Å². The third-order valence-electron chi connectivity index (χ3n) is 3.71. The average molecular weight is 354 g/mol. The Labute approximate surface area is 135 Å². The van der Waals surface area contributed by atoms with Crippen molar-refractivity contribution in [2.75, 3.05) is 38.0 Å². The van der Waals surface area contributed by atoms with Crippen LogP contribution in [0.2, 0.25) is 0 Å². The number of urea groups is 1. The molecular weight excluding hydrogens is 330 g/mol. The summed E-state index contributed by atoms with van der Waals surface area (Å²) in [5, 5.41) is 3.01. The van der Waals surface area contributed by atoms with Crippen molar-refractivity contribution in [3.05, 3.63) is 28.2 Å². The van der Waals surface area contributed by atoms with Crippen molar-refractivity contribution in [3.8, 4) is 0 Å². The molecule has 0 bridgehead atoms. The first kappa shape index (κ1) is 16.3. The molecule has 2 amide bonds. The minimum atomic E-state index is 0.00428. The number of nitrogens with one attached hydrogen (secondary N) is 1.